The summed E-state index contributed by atoms with van der Waals surface area (Å²) < 4.78 is 5.52. The minimum absolute atomic E-state index is 0.301. The minimum Gasteiger partial charge on any atom is -0.462 e. The predicted octanol–water partition coefficient (Wildman–Crippen LogP) is 8.01. The van der Waals surface area contributed by atoms with E-state index in [4.69, 9.17) is 4.74 Å². The van der Waals surface area contributed by atoms with Crippen molar-refractivity contribution >= 4 is 34.7 Å². The van der Waals surface area contributed by atoms with Crippen LogP contribution >= 0.6 is 11.8 Å². The van der Waals surface area contributed by atoms with E-state index < -0.39 is 0 Å². The third-order valence-corrected chi connectivity index (χ3v) is 6.47. The Balaban J connectivity index is 1.92. The number of para-hydroxylation sites is 1. The van der Waals surface area contributed by atoms with Crippen LogP contribution in [-0.2, 0) is 9.53 Å². The molecular weight excluding hydrogens is 450 g/mol. The third-order valence-electron chi connectivity index (χ3n) is 5.52. The monoisotopic (exact) mass is 479 g/mol. The van der Waals surface area contributed by atoms with E-state index in [1.165, 1.54) is 4.90 Å². The fraction of sp³-hybridized carbons (Fsp3) is 0.129. The van der Waals surface area contributed by atoms with Crippen molar-refractivity contribution in [1.82, 2.24) is 0 Å². The molecule has 0 radical (unpaired) electrons. The van der Waals surface area contributed by atoms with E-state index in [-0.39, 0.29) is 5.97 Å². The SMILES string of the molecule is CCOC(=O)/C(=C(/Nc1ccccc1-c1ccccc1SCC)c1ccccc1)c1ccccc1. The molecule has 0 amide bonds. The fourth-order valence-electron chi connectivity index (χ4n) is 3.99. The minimum atomic E-state index is -0.357. The highest BCUT2D eigenvalue weighted by atomic mass is 32.2. The number of anilines is 1. The molecule has 3 nitrogen and oxygen atoms in total. The zero-order valence-electron chi connectivity index (χ0n) is 20.0. The van der Waals surface area contributed by atoms with E-state index in [2.05, 4.69) is 48.6 Å². The summed E-state index contributed by atoms with van der Waals surface area (Å²) in [6, 6.07) is 36.3. The maximum absolute atomic E-state index is 13.3. The van der Waals surface area contributed by atoms with Crippen molar-refractivity contribution in [3.8, 4) is 11.1 Å². The van der Waals surface area contributed by atoms with Gasteiger partial charge in [0.25, 0.3) is 0 Å². The topological polar surface area (TPSA) is 38.3 Å². The van der Waals surface area contributed by atoms with Gasteiger partial charge in [-0.1, -0.05) is 104 Å². The maximum atomic E-state index is 13.3. The Labute approximate surface area is 211 Å². The smallest absolute Gasteiger partial charge is 0.340 e. The van der Waals surface area contributed by atoms with Crippen LogP contribution in [0.3, 0.4) is 0 Å². The molecule has 0 aliphatic carbocycles. The number of rotatable bonds is 9. The highest BCUT2D eigenvalue weighted by molar-refractivity contribution is 7.99. The molecule has 4 aromatic carbocycles. The molecule has 4 heteroatoms. The van der Waals surface area contributed by atoms with Crippen LogP contribution < -0.4 is 5.32 Å². The fourth-order valence-corrected chi connectivity index (χ4v) is 4.81. The van der Waals surface area contributed by atoms with Gasteiger partial charge in [0.2, 0.25) is 0 Å². The number of hydrogen-bond acceptors (Lipinski definition) is 4. The Hall–Kier alpha value is -3.76. The van der Waals surface area contributed by atoms with Gasteiger partial charge in [-0.3, -0.25) is 0 Å². The van der Waals surface area contributed by atoms with Gasteiger partial charge in [-0.15, -0.1) is 11.8 Å². The maximum Gasteiger partial charge on any atom is 0.340 e. The number of nitrogens with one attached hydrogen (secondary N) is 1. The number of carbonyl (C=O) groups excluding carboxylic acids is 1. The van der Waals surface area contributed by atoms with Crippen LogP contribution in [0.25, 0.3) is 22.4 Å². The van der Waals surface area contributed by atoms with Crippen LogP contribution in [0.2, 0.25) is 0 Å². The zero-order chi connectivity index (χ0) is 24.5. The van der Waals surface area contributed by atoms with E-state index in [9.17, 15) is 4.79 Å². The lowest BCUT2D eigenvalue weighted by Crippen LogP contribution is -2.13. The second-order valence-electron chi connectivity index (χ2n) is 7.80. The summed E-state index contributed by atoms with van der Waals surface area (Å²) in [7, 11) is 0. The molecule has 0 aliphatic heterocycles. The molecule has 4 rings (SSSR count). The number of benzene rings is 4. The van der Waals surface area contributed by atoms with E-state index in [0.717, 1.165) is 33.7 Å². The molecule has 35 heavy (non-hydrogen) atoms. The lowest BCUT2D eigenvalue weighted by atomic mass is 9.97. The van der Waals surface area contributed by atoms with Gasteiger partial charge in [0.15, 0.2) is 0 Å². The first-order valence-electron chi connectivity index (χ1n) is 11.8. The number of esters is 1. The van der Waals surface area contributed by atoms with Crippen LogP contribution in [0.4, 0.5) is 5.69 Å². The van der Waals surface area contributed by atoms with Gasteiger partial charge in [0, 0.05) is 16.1 Å². The van der Waals surface area contributed by atoms with Crippen molar-refractivity contribution in [2.75, 3.05) is 17.7 Å². The van der Waals surface area contributed by atoms with E-state index in [1.54, 1.807) is 0 Å². The van der Waals surface area contributed by atoms with Gasteiger partial charge in [0.1, 0.15) is 0 Å². The normalized spacial score (nSPS) is 11.5. The molecule has 1 N–H and O–H groups in total. The molecule has 0 aliphatic rings. The van der Waals surface area contributed by atoms with E-state index >= 15 is 0 Å². The molecule has 0 aromatic heterocycles. The molecule has 0 unspecified atom stereocenters. The van der Waals surface area contributed by atoms with E-state index in [1.807, 2.05) is 91.5 Å². The van der Waals surface area contributed by atoms with Crippen molar-refractivity contribution in [3.63, 3.8) is 0 Å². The summed E-state index contributed by atoms with van der Waals surface area (Å²) in [5.41, 5.74) is 6.09. The Bertz CT molecular complexity index is 1300. The Morgan fingerprint density at radius 1 is 0.714 bits per heavy atom. The highest BCUT2D eigenvalue weighted by Crippen LogP contribution is 2.38. The second-order valence-corrected chi connectivity index (χ2v) is 9.11. The molecule has 0 heterocycles. The first kappa shape index (κ1) is 24.4. The van der Waals surface area contributed by atoms with E-state index in [0.29, 0.717) is 17.9 Å². The van der Waals surface area contributed by atoms with Crippen molar-refractivity contribution in [2.45, 2.75) is 18.7 Å². The summed E-state index contributed by atoms with van der Waals surface area (Å²) in [4.78, 5) is 14.5. The van der Waals surface area contributed by atoms with Crippen LogP contribution in [0.15, 0.2) is 114 Å². The molecule has 0 fully saturated rings. The summed E-state index contributed by atoms with van der Waals surface area (Å²) in [6.45, 7) is 4.29. The van der Waals surface area contributed by atoms with Gasteiger partial charge < -0.3 is 10.1 Å². The highest BCUT2D eigenvalue weighted by Gasteiger charge is 2.21. The van der Waals surface area contributed by atoms with Gasteiger partial charge in [0.05, 0.1) is 17.9 Å². The summed E-state index contributed by atoms with van der Waals surface area (Å²) in [6.07, 6.45) is 0. The molecular formula is C31H29NO2S. The first-order valence-corrected chi connectivity index (χ1v) is 12.8. The summed E-state index contributed by atoms with van der Waals surface area (Å²) >= 11 is 1.82. The van der Waals surface area contributed by atoms with Gasteiger partial charge in [-0.05, 0) is 41.5 Å². The van der Waals surface area contributed by atoms with Crippen molar-refractivity contribution in [3.05, 3.63) is 120 Å². The number of carbonyl (C=O) groups is 1. The number of ether oxygens (including phenoxy) is 1. The average Bonchev–Trinajstić information content (AvgIpc) is 2.90. The number of hydrogen-bond donors (Lipinski definition) is 1. The largest absolute Gasteiger partial charge is 0.462 e. The lowest BCUT2D eigenvalue weighted by Gasteiger charge is -2.20. The zero-order valence-corrected chi connectivity index (χ0v) is 20.8. The second kappa shape index (κ2) is 12.1. The van der Waals surface area contributed by atoms with Crippen LogP contribution in [-0.4, -0.2) is 18.3 Å². The third kappa shape index (κ3) is 5.84. The van der Waals surface area contributed by atoms with Crippen molar-refractivity contribution < 1.29 is 9.53 Å². The summed E-state index contributed by atoms with van der Waals surface area (Å²) in [5, 5.41) is 3.64. The Morgan fingerprint density at radius 2 is 1.29 bits per heavy atom. The summed E-state index contributed by atoms with van der Waals surface area (Å²) in [5.74, 6) is 0.632. The van der Waals surface area contributed by atoms with Crippen LogP contribution in [0, 0.1) is 0 Å². The Kier molecular flexibility index (Phi) is 8.42. The average molecular weight is 480 g/mol. The van der Waals surface area contributed by atoms with Gasteiger partial charge in [-0.2, -0.15) is 0 Å². The standard InChI is InChI=1S/C31H29NO2S/c1-3-34-31(33)29(23-15-7-5-8-16-23)30(24-17-9-6-10-18-24)32-27-21-13-11-19-25(27)26-20-12-14-22-28(26)35-4-2/h5-22,32H,3-4H2,1-2H3/b30-29+. The van der Waals surface area contributed by atoms with Crippen molar-refractivity contribution in [2.24, 2.45) is 0 Å². The molecule has 0 saturated carbocycles. The molecule has 0 spiro atoms. The van der Waals surface area contributed by atoms with Crippen molar-refractivity contribution in [1.29, 1.82) is 0 Å². The molecule has 176 valence electrons. The van der Waals surface area contributed by atoms with Gasteiger partial charge in [-0.25, -0.2) is 4.79 Å². The molecule has 4 aromatic rings. The van der Waals surface area contributed by atoms with Crippen LogP contribution in [0.1, 0.15) is 25.0 Å². The van der Waals surface area contributed by atoms with Gasteiger partial charge >= 0.3 is 5.97 Å². The quantitative estimate of drug-likeness (QED) is 0.114. The predicted molar refractivity (Wildman–Crippen MR) is 148 cm³/mol. The first-order chi connectivity index (χ1) is 17.2. The van der Waals surface area contributed by atoms with Crippen LogP contribution in [0.5, 0.6) is 0 Å². The lowest BCUT2D eigenvalue weighted by molar-refractivity contribution is -0.136. The molecule has 0 atom stereocenters. The number of thioether (sulfide) groups is 1. The molecule has 0 bridgehead atoms. The Morgan fingerprint density at radius 3 is 1.94 bits per heavy atom. The molecule has 0 saturated heterocycles.